The van der Waals surface area contributed by atoms with E-state index >= 15 is 0 Å². The number of nitrogens with one attached hydrogen (secondary N) is 1. The van der Waals surface area contributed by atoms with Gasteiger partial charge in [0.15, 0.2) is 0 Å². The fourth-order valence-electron chi connectivity index (χ4n) is 4.12. The number of fused-ring (bicyclic) bond motifs is 2. The van der Waals surface area contributed by atoms with Crippen molar-refractivity contribution in [3.63, 3.8) is 0 Å². The summed E-state index contributed by atoms with van der Waals surface area (Å²) in [6, 6.07) is 8.11. The van der Waals surface area contributed by atoms with Gasteiger partial charge in [-0.1, -0.05) is 6.07 Å². The van der Waals surface area contributed by atoms with Crippen molar-refractivity contribution in [1.82, 2.24) is 19.9 Å². The van der Waals surface area contributed by atoms with E-state index in [9.17, 15) is 4.79 Å². The molecule has 0 aliphatic carbocycles. The molecule has 1 aromatic carbocycles. The average Bonchev–Trinajstić information content (AvgIpc) is 3.34. The van der Waals surface area contributed by atoms with Gasteiger partial charge in [0, 0.05) is 38.5 Å². The molecule has 2 aliphatic rings. The lowest BCUT2D eigenvalue weighted by Crippen LogP contribution is -2.28. The van der Waals surface area contributed by atoms with Crippen molar-refractivity contribution in [2.45, 2.75) is 19.4 Å². The van der Waals surface area contributed by atoms with Gasteiger partial charge in [0.2, 0.25) is 11.8 Å². The molecule has 1 fully saturated rings. The number of hydrogen-bond acceptors (Lipinski definition) is 6. The number of carbonyl (C=O) groups excluding carboxylic acids is 1. The number of rotatable bonds is 4. The smallest absolute Gasteiger partial charge is 0.241 e. The van der Waals surface area contributed by atoms with Crippen LogP contribution >= 0.6 is 0 Å². The number of ether oxygens (including phenoxy) is 2. The van der Waals surface area contributed by atoms with Crippen LogP contribution < -0.4 is 19.7 Å². The fraction of sp³-hybridized carbons (Fsp3) is 0.409. The van der Waals surface area contributed by atoms with Crippen molar-refractivity contribution in [3.05, 3.63) is 30.6 Å². The Morgan fingerprint density at radius 1 is 1.30 bits per heavy atom. The minimum Gasteiger partial charge on any atom is -0.490 e. The van der Waals surface area contributed by atoms with Gasteiger partial charge < -0.3 is 24.3 Å². The summed E-state index contributed by atoms with van der Waals surface area (Å²) >= 11 is 0. The second-order valence-electron chi connectivity index (χ2n) is 8.08. The molecule has 1 unspecified atom stereocenters. The maximum atomic E-state index is 11.6. The number of nitrogens with zero attached hydrogens (tertiary/aromatic N) is 4. The predicted molar refractivity (Wildman–Crippen MR) is 114 cm³/mol. The maximum absolute atomic E-state index is 11.6. The molecule has 2 atom stereocenters. The predicted octanol–water partition coefficient (Wildman–Crippen LogP) is 2.37. The number of likely N-dealkylation sites (N-methyl/N-ethyl adjacent to an activating group) is 1. The minimum atomic E-state index is -0.148. The van der Waals surface area contributed by atoms with E-state index in [4.69, 9.17) is 14.5 Å². The molecule has 2 aliphatic heterocycles. The Morgan fingerprint density at radius 3 is 2.97 bits per heavy atom. The van der Waals surface area contributed by atoms with Gasteiger partial charge in [-0.05, 0) is 25.1 Å². The highest BCUT2D eigenvalue weighted by Crippen LogP contribution is 2.36. The number of aryl methyl sites for hydroxylation is 1. The molecule has 4 heterocycles. The second-order valence-corrected chi connectivity index (χ2v) is 8.08. The highest BCUT2D eigenvalue weighted by Gasteiger charge is 2.29. The van der Waals surface area contributed by atoms with E-state index in [2.05, 4.69) is 28.3 Å². The van der Waals surface area contributed by atoms with Crippen molar-refractivity contribution in [2.24, 2.45) is 13.0 Å². The Hall–Kier alpha value is -3.29. The third kappa shape index (κ3) is 3.22. The Bertz CT molecular complexity index is 1130. The summed E-state index contributed by atoms with van der Waals surface area (Å²) in [5.41, 5.74) is 4.47. The third-order valence-electron chi connectivity index (χ3n) is 5.98. The van der Waals surface area contributed by atoms with Crippen molar-refractivity contribution in [3.8, 4) is 22.9 Å². The minimum absolute atomic E-state index is 0.0712. The molecule has 1 N–H and O–H groups in total. The third-order valence-corrected chi connectivity index (χ3v) is 5.98. The first-order chi connectivity index (χ1) is 14.5. The zero-order chi connectivity index (χ0) is 20.8. The Labute approximate surface area is 174 Å². The lowest BCUT2D eigenvalue weighted by molar-refractivity contribution is -0.119. The van der Waals surface area contributed by atoms with Crippen LogP contribution in [0.3, 0.4) is 0 Å². The van der Waals surface area contributed by atoms with E-state index in [0.29, 0.717) is 25.5 Å². The number of carbonyl (C=O) groups is 1. The van der Waals surface area contributed by atoms with E-state index in [1.807, 2.05) is 36.7 Å². The van der Waals surface area contributed by atoms with Crippen LogP contribution in [0, 0.1) is 5.92 Å². The van der Waals surface area contributed by atoms with Gasteiger partial charge >= 0.3 is 0 Å². The largest absolute Gasteiger partial charge is 0.490 e. The van der Waals surface area contributed by atoms with Gasteiger partial charge in [0.25, 0.3) is 0 Å². The van der Waals surface area contributed by atoms with E-state index < -0.39 is 0 Å². The molecule has 5 rings (SSSR count). The molecule has 3 aromatic rings. The Balaban J connectivity index is 1.53. The van der Waals surface area contributed by atoms with Crippen molar-refractivity contribution in [1.29, 1.82) is 0 Å². The standard InChI is InChI=1S/C22H25N5O3/c1-13(15-9-20(28)23-11-15)30-22-21-17(24-12-27(21)3)10-16(25-22)14-4-5-18-19(8-14)29-7-6-26(18)2/h4-5,8,10,12-13,15H,6-7,9,11H2,1-3H3,(H,23,28)/t13-,15?/m1/s1. The summed E-state index contributed by atoms with van der Waals surface area (Å²) in [6.07, 6.45) is 2.09. The first-order valence-electron chi connectivity index (χ1n) is 10.2. The van der Waals surface area contributed by atoms with Crippen LogP contribution in [0.4, 0.5) is 5.69 Å². The molecule has 8 heteroatoms. The Morgan fingerprint density at radius 2 is 2.17 bits per heavy atom. The molecule has 2 aromatic heterocycles. The van der Waals surface area contributed by atoms with Crippen LogP contribution in [-0.2, 0) is 11.8 Å². The molecule has 156 valence electrons. The van der Waals surface area contributed by atoms with Crippen molar-refractivity contribution < 1.29 is 14.3 Å². The number of benzene rings is 1. The molecule has 0 saturated carbocycles. The van der Waals surface area contributed by atoms with Crippen LogP contribution in [-0.4, -0.2) is 53.3 Å². The average molecular weight is 407 g/mol. The number of aromatic nitrogens is 3. The molecule has 30 heavy (non-hydrogen) atoms. The zero-order valence-corrected chi connectivity index (χ0v) is 17.4. The topological polar surface area (TPSA) is 81.5 Å². The zero-order valence-electron chi connectivity index (χ0n) is 17.4. The molecule has 0 radical (unpaired) electrons. The quantitative estimate of drug-likeness (QED) is 0.715. The van der Waals surface area contributed by atoms with Crippen LogP contribution in [0.2, 0.25) is 0 Å². The Kier molecular flexibility index (Phi) is 4.49. The van der Waals surface area contributed by atoms with Gasteiger partial charge in [-0.25, -0.2) is 9.97 Å². The summed E-state index contributed by atoms with van der Waals surface area (Å²) in [5.74, 6) is 1.58. The molecule has 1 amide bonds. The molecule has 0 spiro atoms. The van der Waals surface area contributed by atoms with Gasteiger partial charge in [-0.3, -0.25) is 4.79 Å². The monoisotopic (exact) mass is 407 g/mol. The summed E-state index contributed by atoms with van der Waals surface area (Å²) in [7, 11) is 3.99. The summed E-state index contributed by atoms with van der Waals surface area (Å²) in [5, 5.41) is 2.87. The number of amides is 1. The fourth-order valence-corrected chi connectivity index (χ4v) is 4.12. The van der Waals surface area contributed by atoms with Crippen LogP contribution in [0.25, 0.3) is 22.3 Å². The van der Waals surface area contributed by atoms with E-state index in [-0.39, 0.29) is 17.9 Å². The van der Waals surface area contributed by atoms with Crippen molar-refractivity contribution >= 4 is 22.6 Å². The van der Waals surface area contributed by atoms with Crippen LogP contribution in [0.1, 0.15) is 13.3 Å². The highest BCUT2D eigenvalue weighted by atomic mass is 16.5. The van der Waals surface area contributed by atoms with Gasteiger partial charge in [-0.2, -0.15) is 0 Å². The lowest BCUT2D eigenvalue weighted by atomic mass is 10.0. The lowest BCUT2D eigenvalue weighted by Gasteiger charge is -2.28. The number of anilines is 1. The summed E-state index contributed by atoms with van der Waals surface area (Å²) < 4.78 is 14.1. The molecular weight excluding hydrogens is 382 g/mol. The van der Waals surface area contributed by atoms with Gasteiger partial charge in [-0.15, -0.1) is 0 Å². The summed E-state index contributed by atoms with van der Waals surface area (Å²) in [6.45, 7) is 4.16. The molecule has 8 nitrogen and oxygen atoms in total. The van der Waals surface area contributed by atoms with Gasteiger partial charge in [0.1, 0.15) is 24.0 Å². The van der Waals surface area contributed by atoms with Gasteiger partial charge in [0.05, 0.1) is 29.8 Å². The first kappa shape index (κ1) is 18.7. The number of hydrogen-bond donors (Lipinski definition) is 1. The SMILES string of the molecule is C[C@@H](Oc1nc(-c2ccc3c(c2)OCCN3C)cc2ncn(C)c12)C1CNC(=O)C1. The van der Waals surface area contributed by atoms with Crippen LogP contribution in [0.15, 0.2) is 30.6 Å². The first-order valence-corrected chi connectivity index (χ1v) is 10.2. The van der Waals surface area contributed by atoms with Crippen molar-refractivity contribution in [2.75, 3.05) is 31.6 Å². The maximum Gasteiger partial charge on any atom is 0.241 e. The normalized spacial score (nSPS) is 19.4. The second kappa shape index (κ2) is 7.19. The molecular formula is C22H25N5O3. The molecule has 0 bridgehead atoms. The molecule has 1 saturated heterocycles. The van der Waals surface area contributed by atoms with E-state index in [1.165, 1.54) is 0 Å². The van der Waals surface area contributed by atoms with E-state index in [0.717, 1.165) is 40.3 Å². The number of pyridine rings is 1. The number of imidazole rings is 1. The highest BCUT2D eigenvalue weighted by molar-refractivity contribution is 5.85. The van der Waals surface area contributed by atoms with E-state index in [1.54, 1.807) is 6.33 Å². The summed E-state index contributed by atoms with van der Waals surface area (Å²) in [4.78, 5) is 23.2. The van der Waals surface area contributed by atoms with Crippen LogP contribution in [0.5, 0.6) is 11.6 Å².